The van der Waals surface area contributed by atoms with Gasteiger partial charge in [-0.3, -0.25) is 4.79 Å². The molecule has 0 unspecified atom stereocenters. The summed E-state index contributed by atoms with van der Waals surface area (Å²) in [6.07, 6.45) is 2.31. The molecule has 1 fully saturated rings. The zero-order chi connectivity index (χ0) is 20.5. The second-order valence-corrected chi connectivity index (χ2v) is 9.28. The Bertz CT molecular complexity index is 1050. The third-order valence-corrected chi connectivity index (χ3v) is 6.89. The van der Waals surface area contributed by atoms with Gasteiger partial charge in [-0.15, -0.1) is 21.5 Å². The number of hydrogen-bond donors (Lipinski definition) is 0. The quantitative estimate of drug-likeness (QED) is 0.514. The third kappa shape index (κ3) is 4.04. The molecule has 0 spiro atoms. The number of hydrogen-bond acceptors (Lipinski definition) is 7. The number of carbonyl (C=O) groups is 1. The minimum atomic E-state index is 0.0214. The second kappa shape index (κ2) is 8.31. The average Bonchev–Trinajstić information content (AvgIpc) is 3.33. The third-order valence-electron chi connectivity index (χ3n) is 5.10. The molecule has 0 saturated heterocycles. The highest BCUT2D eigenvalue weighted by Crippen LogP contribution is 2.39. The first kappa shape index (κ1) is 19.4. The van der Waals surface area contributed by atoms with Gasteiger partial charge in [0.15, 0.2) is 16.7 Å². The van der Waals surface area contributed by atoms with Gasteiger partial charge in [0.2, 0.25) is 5.91 Å². The minimum Gasteiger partial charge on any atom is -0.486 e. The van der Waals surface area contributed by atoms with E-state index in [1.165, 1.54) is 11.8 Å². The molecule has 1 aliphatic heterocycles. The Hall–Kier alpha value is -2.52. The van der Waals surface area contributed by atoms with Crippen molar-refractivity contribution in [1.82, 2.24) is 14.8 Å². The standard InChI is InChI=1S/C21H22N4O3S2/c1-14-22-23-21(25(14)15-4-5-15)30-13-20(26)24(12-17-3-2-10-29-17)16-6-7-18-19(11-16)28-9-8-27-18/h2-3,6-7,10-11,15H,4-5,8-9,12-13H2,1H3. The fourth-order valence-electron chi connectivity index (χ4n) is 3.49. The van der Waals surface area contributed by atoms with E-state index in [1.807, 2.05) is 47.5 Å². The summed E-state index contributed by atoms with van der Waals surface area (Å²) in [4.78, 5) is 16.2. The molecule has 1 amide bonds. The van der Waals surface area contributed by atoms with Crippen LogP contribution in [-0.4, -0.2) is 39.6 Å². The van der Waals surface area contributed by atoms with Crippen LogP contribution in [0, 0.1) is 6.92 Å². The van der Waals surface area contributed by atoms with Crippen molar-refractivity contribution in [3.63, 3.8) is 0 Å². The minimum absolute atomic E-state index is 0.0214. The monoisotopic (exact) mass is 442 g/mol. The van der Waals surface area contributed by atoms with Gasteiger partial charge in [-0.25, -0.2) is 0 Å². The normalized spacial score (nSPS) is 15.2. The summed E-state index contributed by atoms with van der Waals surface area (Å²) in [7, 11) is 0. The van der Waals surface area contributed by atoms with Crippen LogP contribution in [0.4, 0.5) is 5.69 Å². The van der Waals surface area contributed by atoms with Crippen molar-refractivity contribution in [2.24, 2.45) is 0 Å². The van der Waals surface area contributed by atoms with Crippen LogP contribution in [-0.2, 0) is 11.3 Å². The summed E-state index contributed by atoms with van der Waals surface area (Å²) in [5, 5.41) is 11.3. The van der Waals surface area contributed by atoms with Crippen molar-refractivity contribution >= 4 is 34.7 Å². The lowest BCUT2D eigenvalue weighted by Crippen LogP contribution is -2.32. The molecular formula is C21H22N4O3S2. The molecule has 3 aromatic rings. The van der Waals surface area contributed by atoms with Crippen LogP contribution in [0.25, 0.3) is 0 Å². The molecule has 1 saturated carbocycles. The number of anilines is 1. The van der Waals surface area contributed by atoms with E-state index in [0.717, 1.165) is 40.1 Å². The first-order chi connectivity index (χ1) is 14.7. The lowest BCUT2D eigenvalue weighted by Gasteiger charge is -2.25. The van der Waals surface area contributed by atoms with Gasteiger partial charge in [-0.1, -0.05) is 17.8 Å². The van der Waals surface area contributed by atoms with Gasteiger partial charge < -0.3 is 18.9 Å². The van der Waals surface area contributed by atoms with Crippen LogP contribution in [0.3, 0.4) is 0 Å². The van der Waals surface area contributed by atoms with Crippen LogP contribution in [0.5, 0.6) is 11.5 Å². The van der Waals surface area contributed by atoms with Gasteiger partial charge in [0.05, 0.1) is 12.3 Å². The van der Waals surface area contributed by atoms with Crippen LogP contribution >= 0.6 is 23.1 Å². The molecule has 156 valence electrons. The molecule has 1 aliphatic carbocycles. The summed E-state index contributed by atoms with van der Waals surface area (Å²) in [5.74, 6) is 2.63. The predicted molar refractivity (Wildman–Crippen MR) is 117 cm³/mol. The number of aromatic nitrogens is 3. The molecule has 0 bridgehead atoms. The van der Waals surface area contributed by atoms with E-state index < -0.39 is 0 Å². The molecule has 3 heterocycles. The number of ether oxygens (including phenoxy) is 2. The zero-order valence-electron chi connectivity index (χ0n) is 16.6. The highest BCUT2D eigenvalue weighted by atomic mass is 32.2. The maximum atomic E-state index is 13.3. The Labute approximate surface area is 183 Å². The Morgan fingerprint density at radius 3 is 2.83 bits per heavy atom. The number of aryl methyl sites for hydroxylation is 1. The largest absolute Gasteiger partial charge is 0.486 e. The first-order valence-corrected chi connectivity index (χ1v) is 11.8. The highest BCUT2D eigenvalue weighted by Gasteiger charge is 2.29. The van der Waals surface area contributed by atoms with Crippen molar-refractivity contribution in [3.05, 3.63) is 46.4 Å². The number of thiophene rings is 1. The maximum absolute atomic E-state index is 13.3. The number of benzene rings is 1. The second-order valence-electron chi connectivity index (χ2n) is 7.31. The number of carbonyl (C=O) groups excluding carboxylic acids is 1. The summed E-state index contributed by atoms with van der Waals surface area (Å²) in [6.45, 7) is 3.55. The fourth-order valence-corrected chi connectivity index (χ4v) is 5.11. The van der Waals surface area contributed by atoms with Gasteiger partial charge in [-0.05, 0) is 43.3 Å². The van der Waals surface area contributed by atoms with Crippen molar-refractivity contribution < 1.29 is 14.3 Å². The van der Waals surface area contributed by atoms with E-state index in [4.69, 9.17) is 9.47 Å². The van der Waals surface area contributed by atoms with E-state index in [9.17, 15) is 4.79 Å². The molecule has 5 rings (SSSR count). The Morgan fingerprint density at radius 2 is 2.07 bits per heavy atom. The molecular weight excluding hydrogens is 420 g/mol. The van der Waals surface area contributed by atoms with Gasteiger partial charge in [0, 0.05) is 22.7 Å². The SMILES string of the molecule is Cc1nnc(SCC(=O)N(Cc2cccs2)c2ccc3c(c2)OCCO3)n1C1CC1. The van der Waals surface area contributed by atoms with Gasteiger partial charge in [-0.2, -0.15) is 0 Å². The predicted octanol–water partition coefficient (Wildman–Crippen LogP) is 4.08. The van der Waals surface area contributed by atoms with Crippen molar-refractivity contribution in [2.75, 3.05) is 23.9 Å². The summed E-state index contributed by atoms with van der Waals surface area (Å²) in [6, 6.07) is 10.2. The average molecular weight is 443 g/mol. The van der Waals surface area contributed by atoms with Crippen molar-refractivity contribution in [2.45, 2.75) is 37.5 Å². The summed E-state index contributed by atoms with van der Waals surface area (Å²) < 4.78 is 13.5. The summed E-state index contributed by atoms with van der Waals surface area (Å²) >= 11 is 3.10. The number of rotatable bonds is 7. The topological polar surface area (TPSA) is 69.5 Å². The van der Waals surface area contributed by atoms with Crippen LogP contribution in [0.2, 0.25) is 0 Å². The molecule has 0 N–H and O–H groups in total. The van der Waals surface area contributed by atoms with Crippen LogP contribution in [0.15, 0.2) is 40.9 Å². The molecule has 2 aromatic heterocycles. The van der Waals surface area contributed by atoms with E-state index in [2.05, 4.69) is 14.8 Å². The van der Waals surface area contributed by atoms with E-state index >= 15 is 0 Å². The first-order valence-electron chi connectivity index (χ1n) is 9.96. The van der Waals surface area contributed by atoms with Gasteiger partial charge in [0.1, 0.15) is 19.0 Å². The van der Waals surface area contributed by atoms with E-state index in [-0.39, 0.29) is 5.91 Å². The molecule has 9 heteroatoms. The lowest BCUT2D eigenvalue weighted by atomic mass is 10.2. The van der Waals surface area contributed by atoms with Crippen molar-refractivity contribution in [3.8, 4) is 11.5 Å². The molecule has 2 aliphatic rings. The number of thioether (sulfide) groups is 1. The zero-order valence-corrected chi connectivity index (χ0v) is 18.2. The van der Waals surface area contributed by atoms with E-state index in [1.54, 1.807) is 11.3 Å². The number of amides is 1. The fraction of sp³-hybridized carbons (Fsp3) is 0.381. The molecule has 30 heavy (non-hydrogen) atoms. The Balaban J connectivity index is 1.37. The smallest absolute Gasteiger partial charge is 0.237 e. The van der Waals surface area contributed by atoms with Crippen molar-refractivity contribution in [1.29, 1.82) is 0 Å². The number of fused-ring (bicyclic) bond motifs is 1. The molecule has 0 atom stereocenters. The Morgan fingerprint density at radius 1 is 1.23 bits per heavy atom. The van der Waals surface area contributed by atoms with Crippen LogP contribution in [0.1, 0.15) is 29.6 Å². The number of nitrogens with zero attached hydrogens (tertiary/aromatic N) is 4. The maximum Gasteiger partial charge on any atom is 0.237 e. The molecule has 1 aromatic carbocycles. The summed E-state index contributed by atoms with van der Waals surface area (Å²) in [5.41, 5.74) is 0.804. The molecule has 0 radical (unpaired) electrons. The highest BCUT2D eigenvalue weighted by molar-refractivity contribution is 7.99. The Kier molecular flexibility index (Phi) is 5.39. The van der Waals surface area contributed by atoms with Gasteiger partial charge >= 0.3 is 0 Å². The lowest BCUT2D eigenvalue weighted by molar-refractivity contribution is -0.116. The van der Waals surface area contributed by atoms with Crippen LogP contribution < -0.4 is 14.4 Å². The van der Waals surface area contributed by atoms with E-state index in [0.29, 0.717) is 37.3 Å². The van der Waals surface area contributed by atoms with Gasteiger partial charge in [0.25, 0.3) is 0 Å². The molecule has 7 nitrogen and oxygen atoms in total.